The number of carbonyl (C=O) groups excluding carboxylic acids is 1. The zero-order chi connectivity index (χ0) is 11.7. The lowest BCUT2D eigenvalue weighted by molar-refractivity contribution is -0.130. The van der Waals surface area contributed by atoms with Gasteiger partial charge in [0.2, 0.25) is 5.91 Å². The van der Waals surface area contributed by atoms with Crippen LogP contribution in [0.25, 0.3) is 6.08 Å². The van der Waals surface area contributed by atoms with E-state index in [9.17, 15) is 4.79 Å². The summed E-state index contributed by atoms with van der Waals surface area (Å²) >= 11 is 0. The lowest BCUT2D eigenvalue weighted by Gasteiger charge is -2.25. The van der Waals surface area contributed by atoms with Gasteiger partial charge in [0, 0.05) is 25.0 Å². The molecule has 0 N–H and O–H groups in total. The highest BCUT2D eigenvalue weighted by molar-refractivity contribution is 5.92. The van der Waals surface area contributed by atoms with Crippen LogP contribution in [0.15, 0.2) is 30.6 Å². The maximum atomic E-state index is 12.0. The fraction of sp³-hybridized carbons (Fsp3) is 0.385. The molecule has 3 rings (SSSR count). The first-order valence-electron chi connectivity index (χ1n) is 5.83. The Kier molecular flexibility index (Phi) is 2.65. The van der Waals surface area contributed by atoms with Crippen molar-refractivity contribution in [3.63, 3.8) is 0 Å². The van der Waals surface area contributed by atoms with E-state index in [1.54, 1.807) is 18.5 Å². The number of nitrogens with zero attached hydrogens (tertiary/aromatic N) is 2. The predicted molar refractivity (Wildman–Crippen MR) is 63.1 cm³/mol. The van der Waals surface area contributed by atoms with Crippen LogP contribution in [-0.4, -0.2) is 41.1 Å². The normalized spacial score (nSPS) is 26.9. The van der Waals surface area contributed by atoms with Crippen molar-refractivity contribution in [3.05, 3.63) is 36.2 Å². The number of morpholine rings is 1. The van der Waals surface area contributed by atoms with Crippen LogP contribution in [0.2, 0.25) is 0 Å². The van der Waals surface area contributed by atoms with Crippen LogP contribution >= 0.6 is 0 Å². The molecule has 0 spiro atoms. The molecule has 17 heavy (non-hydrogen) atoms. The molecule has 1 aromatic heterocycles. The molecule has 2 aliphatic heterocycles. The van der Waals surface area contributed by atoms with E-state index in [0.29, 0.717) is 6.61 Å². The van der Waals surface area contributed by atoms with Gasteiger partial charge in [-0.05, 0) is 24.1 Å². The first-order valence-corrected chi connectivity index (χ1v) is 5.83. The van der Waals surface area contributed by atoms with Gasteiger partial charge < -0.3 is 9.64 Å². The Morgan fingerprint density at radius 2 is 2.53 bits per heavy atom. The van der Waals surface area contributed by atoms with Gasteiger partial charge in [-0.1, -0.05) is 6.07 Å². The molecule has 2 saturated heterocycles. The molecule has 1 amide bonds. The zero-order valence-corrected chi connectivity index (χ0v) is 9.45. The van der Waals surface area contributed by atoms with Gasteiger partial charge in [0.1, 0.15) is 0 Å². The maximum Gasteiger partial charge on any atom is 0.246 e. The molecule has 3 heterocycles. The van der Waals surface area contributed by atoms with Crippen LogP contribution < -0.4 is 0 Å². The Morgan fingerprint density at radius 1 is 1.59 bits per heavy atom. The molecule has 88 valence electrons. The number of amides is 1. The first-order chi connectivity index (χ1) is 8.33. The summed E-state index contributed by atoms with van der Waals surface area (Å²) in [5.74, 6) is 0.0738. The van der Waals surface area contributed by atoms with Gasteiger partial charge in [0.25, 0.3) is 0 Å². The monoisotopic (exact) mass is 230 g/mol. The number of aromatic nitrogens is 1. The molecule has 1 aromatic rings. The van der Waals surface area contributed by atoms with Gasteiger partial charge in [-0.3, -0.25) is 9.78 Å². The van der Waals surface area contributed by atoms with Crippen molar-refractivity contribution in [2.75, 3.05) is 13.2 Å². The summed E-state index contributed by atoms with van der Waals surface area (Å²) in [6.07, 6.45) is 8.14. The van der Waals surface area contributed by atoms with Gasteiger partial charge in [-0.15, -0.1) is 0 Å². The lowest BCUT2D eigenvalue weighted by atomic mass is 10.2. The Balaban J connectivity index is 1.66. The summed E-state index contributed by atoms with van der Waals surface area (Å²) in [5.41, 5.74) is 0.946. The molecular formula is C13H14N2O2. The number of likely N-dealkylation sites (tertiary alicyclic amines) is 1. The quantitative estimate of drug-likeness (QED) is 0.714. The Hall–Kier alpha value is -1.68. The van der Waals surface area contributed by atoms with Gasteiger partial charge in [-0.2, -0.15) is 0 Å². The standard InChI is InChI=1S/C13H14N2O2/c16-13(4-3-10-2-1-5-14-7-10)15-8-12-6-11(15)9-17-12/h1-5,7,11-12H,6,8-9H2/b4-3+/t11-,12+/m0/s1. The van der Waals surface area contributed by atoms with E-state index in [2.05, 4.69) is 4.98 Å². The number of carbonyl (C=O) groups is 1. The largest absolute Gasteiger partial charge is 0.374 e. The number of rotatable bonds is 2. The van der Waals surface area contributed by atoms with Crippen molar-refractivity contribution < 1.29 is 9.53 Å². The van der Waals surface area contributed by atoms with E-state index in [-0.39, 0.29) is 18.1 Å². The maximum absolute atomic E-state index is 12.0. The molecular weight excluding hydrogens is 216 g/mol. The van der Waals surface area contributed by atoms with Crippen molar-refractivity contribution in [3.8, 4) is 0 Å². The predicted octanol–water partition coefficient (Wildman–Crippen LogP) is 1.09. The van der Waals surface area contributed by atoms with E-state index in [1.807, 2.05) is 23.1 Å². The molecule has 4 heteroatoms. The van der Waals surface area contributed by atoms with Crippen molar-refractivity contribution in [2.24, 2.45) is 0 Å². The smallest absolute Gasteiger partial charge is 0.246 e. The fourth-order valence-electron chi connectivity index (χ4n) is 2.41. The molecule has 0 radical (unpaired) electrons. The number of fused-ring (bicyclic) bond motifs is 2. The summed E-state index contributed by atoms with van der Waals surface area (Å²) in [6.45, 7) is 1.43. The first kappa shape index (κ1) is 10.5. The summed E-state index contributed by atoms with van der Waals surface area (Å²) in [5, 5.41) is 0. The fourth-order valence-corrected chi connectivity index (χ4v) is 2.41. The molecule has 0 unspecified atom stereocenters. The summed E-state index contributed by atoms with van der Waals surface area (Å²) in [7, 11) is 0. The van der Waals surface area contributed by atoms with Crippen molar-refractivity contribution in [1.29, 1.82) is 0 Å². The summed E-state index contributed by atoms with van der Waals surface area (Å²) in [4.78, 5) is 17.9. The molecule has 0 aliphatic carbocycles. The highest BCUT2D eigenvalue weighted by Crippen LogP contribution is 2.27. The second kappa shape index (κ2) is 4.30. The molecule has 2 bridgehead atoms. The average molecular weight is 230 g/mol. The van der Waals surface area contributed by atoms with E-state index in [4.69, 9.17) is 4.74 Å². The van der Waals surface area contributed by atoms with Gasteiger partial charge >= 0.3 is 0 Å². The minimum atomic E-state index is 0.0738. The summed E-state index contributed by atoms with van der Waals surface area (Å²) < 4.78 is 5.47. The Bertz CT molecular complexity index is 444. The van der Waals surface area contributed by atoms with Crippen LogP contribution in [0.5, 0.6) is 0 Å². The Morgan fingerprint density at radius 3 is 3.18 bits per heavy atom. The van der Waals surface area contributed by atoms with Crippen LogP contribution in [0.4, 0.5) is 0 Å². The minimum absolute atomic E-state index is 0.0738. The number of ether oxygens (including phenoxy) is 1. The highest BCUT2D eigenvalue weighted by Gasteiger charge is 2.40. The van der Waals surface area contributed by atoms with Crippen molar-refractivity contribution in [2.45, 2.75) is 18.6 Å². The van der Waals surface area contributed by atoms with E-state index < -0.39 is 0 Å². The number of hydrogen-bond donors (Lipinski definition) is 0. The zero-order valence-electron chi connectivity index (χ0n) is 9.45. The molecule has 2 atom stereocenters. The van der Waals surface area contributed by atoms with Crippen LogP contribution in [0, 0.1) is 0 Å². The van der Waals surface area contributed by atoms with Crippen LogP contribution in [0.1, 0.15) is 12.0 Å². The molecule has 2 fully saturated rings. The van der Waals surface area contributed by atoms with Crippen LogP contribution in [0.3, 0.4) is 0 Å². The van der Waals surface area contributed by atoms with E-state index in [1.165, 1.54) is 0 Å². The number of hydrogen-bond acceptors (Lipinski definition) is 3. The van der Waals surface area contributed by atoms with Gasteiger partial charge in [-0.25, -0.2) is 0 Å². The third-order valence-electron chi connectivity index (χ3n) is 3.29. The SMILES string of the molecule is O=C(/C=C/c1cccnc1)N1C[C@H]2C[C@H]1CO2. The molecule has 4 nitrogen and oxygen atoms in total. The third-order valence-corrected chi connectivity index (χ3v) is 3.29. The second-order valence-corrected chi connectivity index (χ2v) is 4.46. The molecule has 0 saturated carbocycles. The van der Waals surface area contributed by atoms with Gasteiger partial charge in [0.15, 0.2) is 0 Å². The average Bonchev–Trinajstić information content (AvgIpc) is 2.99. The number of pyridine rings is 1. The lowest BCUT2D eigenvalue weighted by Crippen LogP contribution is -2.40. The van der Waals surface area contributed by atoms with Gasteiger partial charge in [0.05, 0.1) is 18.8 Å². The highest BCUT2D eigenvalue weighted by atomic mass is 16.5. The summed E-state index contributed by atoms with van der Waals surface area (Å²) in [6, 6.07) is 4.07. The molecule has 0 aromatic carbocycles. The third kappa shape index (κ3) is 2.08. The Labute approximate surface area is 99.9 Å². The topological polar surface area (TPSA) is 42.4 Å². The second-order valence-electron chi connectivity index (χ2n) is 4.46. The minimum Gasteiger partial charge on any atom is -0.374 e. The van der Waals surface area contributed by atoms with E-state index >= 15 is 0 Å². The van der Waals surface area contributed by atoms with E-state index in [0.717, 1.165) is 18.5 Å². The van der Waals surface area contributed by atoms with Crippen LogP contribution in [-0.2, 0) is 9.53 Å². The van der Waals surface area contributed by atoms with Crippen molar-refractivity contribution in [1.82, 2.24) is 9.88 Å². The molecule has 2 aliphatic rings. The van der Waals surface area contributed by atoms with Crippen molar-refractivity contribution >= 4 is 12.0 Å².